The van der Waals surface area contributed by atoms with Gasteiger partial charge >= 0.3 is 31.3 Å². The van der Waals surface area contributed by atoms with Crippen molar-refractivity contribution in [1.29, 1.82) is 0 Å². The number of halogens is 6. The minimum Gasteiger partial charge on any atom is -0.317 e. The molecule has 1 aliphatic rings. The summed E-state index contributed by atoms with van der Waals surface area (Å²) < 4.78 is 115. The van der Waals surface area contributed by atoms with Crippen molar-refractivity contribution >= 4 is 20.2 Å². The fourth-order valence-electron chi connectivity index (χ4n) is 0.625. The molecule has 0 aromatic rings. The Bertz CT molecular complexity index is 447. The fraction of sp³-hybridized carbons (Fsp3) is 1.00. The van der Waals surface area contributed by atoms with Crippen LogP contribution in [0.25, 0.3) is 0 Å². The molecule has 1 heterocycles. The molecular formula is C6H11F6MnNO6S2. The van der Waals surface area contributed by atoms with Gasteiger partial charge in [0.1, 0.15) is 0 Å². The Morgan fingerprint density at radius 1 is 0.727 bits per heavy atom. The predicted octanol–water partition coefficient (Wildman–Crippen LogP) is 1.16. The van der Waals surface area contributed by atoms with Crippen molar-refractivity contribution in [2.24, 2.45) is 0 Å². The summed E-state index contributed by atoms with van der Waals surface area (Å²) in [6.45, 7) is 2.50. The maximum absolute atomic E-state index is 10.7. The summed E-state index contributed by atoms with van der Waals surface area (Å²) in [5, 5.41) is 3.22. The molecule has 1 rings (SSSR count). The first kappa shape index (κ1) is 26.8. The van der Waals surface area contributed by atoms with Crippen LogP contribution in [0.3, 0.4) is 0 Å². The smallest absolute Gasteiger partial charge is 0.317 e. The van der Waals surface area contributed by atoms with Crippen molar-refractivity contribution in [3.8, 4) is 0 Å². The molecule has 0 aromatic carbocycles. The van der Waals surface area contributed by atoms with Crippen molar-refractivity contribution in [2.45, 2.75) is 23.9 Å². The first-order valence-corrected chi connectivity index (χ1v) is 7.66. The second-order valence-electron chi connectivity index (χ2n) is 3.30. The van der Waals surface area contributed by atoms with Crippen LogP contribution in [0.4, 0.5) is 26.3 Å². The molecule has 1 saturated heterocycles. The van der Waals surface area contributed by atoms with Gasteiger partial charge in [-0.1, -0.05) is 0 Å². The summed E-state index contributed by atoms with van der Waals surface area (Å²) in [7, 11) is -11.7. The van der Waals surface area contributed by atoms with Crippen LogP contribution in [0.15, 0.2) is 0 Å². The quantitative estimate of drug-likeness (QED) is 0.230. The topological polar surface area (TPSA) is 121 Å². The van der Waals surface area contributed by atoms with Gasteiger partial charge < -0.3 is 5.32 Å². The molecule has 0 saturated carbocycles. The van der Waals surface area contributed by atoms with E-state index in [2.05, 4.69) is 5.32 Å². The van der Waals surface area contributed by atoms with E-state index in [-0.39, 0.29) is 17.1 Å². The zero-order chi connectivity index (χ0) is 17.5. The molecule has 0 atom stereocenters. The zero-order valence-corrected chi connectivity index (χ0v) is 13.1. The third-order valence-electron chi connectivity index (χ3n) is 1.54. The van der Waals surface area contributed by atoms with Crippen molar-refractivity contribution in [1.82, 2.24) is 5.32 Å². The summed E-state index contributed by atoms with van der Waals surface area (Å²) in [5.41, 5.74) is -11.1. The second kappa shape index (κ2) is 9.89. The maximum Gasteiger partial charge on any atom is 0.522 e. The van der Waals surface area contributed by atoms with Crippen LogP contribution < -0.4 is 5.32 Å². The van der Waals surface area contributed by atoms with Gasteiger partial charge in [0.05, 0.1) is 0 Å². The number of nitrogens with one attached hydrogen (secondary N) is 1. The standard InChI is InChI=1S/C4H9N.2CHF3O3S.Mn/c1-2-4-5-3-1;2*2-1(3,4)8(5,6)7;/h5H,1-4H2;2*(H,5,6,7);. The van der Waals surface area contributed by atoms with Crippen LogP contribution in [-0.4, -0.2) is 50.0 Å². The first-order valence-electron chi connectivity index (χ1n) is 4.78. The Balaban J connectivity index is -0.000000246. The molecule has 7 nitrogen and oxygen atoms in total. The minimum absolute atomic E-state index is 0. The van der Waals surface area contributed by atoms with E-state index in [1.807, 2.05) is 0 Å². The Hall–Kier alpha value is -0.121. The van der Waals surface area contributed by atoms with E-state index in [9.17, 15) is 26.3 Å². The van der Waals surface area contributed by atoms with Gasteiger partial charge in [0.25, 0.3) is 0 Å². The molecule has 1 fully saturated rings. The Morgan fingerprint density at radius 2 is 0.909 bits per heavy atom. The normalized spacial score (nSPS) is 15.6. The predicted molar refractivity (Wildman–Crippen MR) is 57.3 cm³/mol. The van der Waals surface area contributed by atoms with E-state index >= 15 is 0 Å². The molecule has 0 amide bonds. The Labute approximate surface area is 132 Å². The van der Waals surface area contributed by atoms with Crippen LogP contribution in [0.2, 0.25) is 0 Å². The summed E-state index contributed by atoms with van der Waals surface area (Å²) in [6.07, 6.45) is 2.78. The molecule has 0 aromatic heterocycles. The molecule has 1 aliphatic heterocycles. The molecular weight excluding hydrogens is 415 g/mol. The van der Waals surface area contributed by atoms with Gasteiger partial charge in [-0.3, -0.25) is 9.11 Å². The summed E-state index contributed by atoms with van der Waals surface area (Å²) in [6, 6.07) is 0. The SMILES string of the molecule is C1CCNC1.O=S(=O)(O)C(F)(F)F.O=S(=O)(O)C(F)(F)F.[Mn]. The molecule has 0 unspecified atom stereocenters. The molecule has 0 aliphatic carbocycles. The molecule has 137 valence electrons. The average molecular weight is 426 g/mol. The van der Waals surface area contributed by atoms with Gasteiger partial charge in [-0.25, -0.2) is 0 Å². The van der Waals surface area contributed by atoms with E-state index in [0.717, 1.165) is 0 Å². The Morgan fingerprint density at radius 3 is 0.955 bits per heavy atom. The van der Waals surface area contributed by atoms with E-state index < -0.39 is 31.3 Å². The van der Waals surface area contributed by atoms with Crippen molar-refractivity contribution < 1.29 is 69.4 Å². The number of rotatable bonds is 0. The fourth-order valence-corrected chi connectivity index (χ4v) is 0.625. The molecule has 0 bridgehead atoms. The van der Waals surface area contributed by atoms with Crippen molar-refractivity contribution in [2.75, 3.05) is 13.1 Å². The number of alkyl halides is 6. The van der Waals surface area contributed by atoms with Gasteiger partial charge in [-0.2, -0.15) is 43.2 Å². The molecule has 22 heavy (non-hydrogen) atoms. The van der Waals surface area contributed by atoms with Crippen LogP contribution in [0.5, 0.6) is 0 Å². The van der Waals surface area contributed by atoms with Crippen LogP contribution in [-0.2, 0) is 37.3 Å². The molecule has 1 radical (unpaired) electrons. The van der Waals surface area contributed by atoms with Crippen LogP contribution in [0, 0.1) is 0 Å². The average Bonchev–Trinajstić information content (AvgIpc) is 2.68. The van der Waals surface area contributed by atoms with Crippen LogP contribution >= 0.6 is 0 Å². The summed E-state index contributed by atoms with van der Waals surface area (Å²) in [4.78, 5) is 0. The zero-order valence-electron chi connectivity index (χ0n) is 10.3. The van der Waals surface area contributed by atoms with E-state index in [0.29, 0.717) is 0 Å². The third-order valence-corrected chi connectivity index (χ3v) is 2.71. The van der Waals surface area contributed by atoms with Gasteiger partial charge in [0, 0.05) is 17.1 Å². The second-order valence-corrected chi connectivity index (χ2v) is 6.12. The number of hydrogen-bond acceptors (Lipinski definition) is 5. The largest absolute Gasteiger partial charge is 0.522 e. The van der Waals surface area contributed by atoms with E-state index in [1.54, 1.807) is 0 Å². The monoisotopic (exact) mass is 426 g/mol. The Kier molecular flexibility index (Phi) is 12.0. The van der Waals surface area contributed by atoms with E-state index in [1.165, 1.54) is 25.9 Å². The third kappa shape index (κ3) is 13.5. The molecule has 16 heteroatoms. The molecule has 0 spiro atoms. The first-order chi connectivity index (χ1) is 9.00. The van der Waals surface area contributed by atoms with Gasteiger partial charge in [-0.05, 0) is 25.9 Å². The van der Waals surface area contributed by atoms with Gasteiger partial charge in [0.2, 0.25) is 0 Å². The van der Waals surface area contributed by atoms with E-state index in [4.69, 9.17) is 25.9 Å². The minimum atomic E-state index is -5.84. The number of hydrogen-bond donors (Lipinski definition) is 3. The van der Waals surface area contributed by atoms with Gasteiger partial charge in [0.15, 0.2) is 0 Å². The van der Waals surface area contributed by atoms with Crippen molar-refractivity contribution in [3.05, 3.63) is 0 Å². The molecule has 3 N–H and O–H groups in total. The van der Waals surface area contributed by atoms with Crippen LogP contribution in [0.1, 0.15) is 12.8 Å². The summed E-state index contributed by atoms with van der Waals surface area (Å²) in [5.74, 6) is 0. The van der Waals surface area contributed by atoms with Gasteiger partial charge in [-0.15, -0.1) is 0 Å². The summed E-state index contributed by atoms with van der Waals surface area (Å²) >= 11 is 0. The van der Waals surface area contributed by atoms with Crippen molar-refractivity contribution in [3.63, 3.8) is 0 Å². The maximum atomic E-state index is 10.7.